The molecule has 0 spiro atoms. The molecule has 17 heavy (non-hydrogen) atoms. The average Bonchev–Trinajstić information content (AvgIpc) is 2.39. The molecule has 1 aromatic carbocycles. The number of rotatable bonds is 1. The normalized spacial score (nSPS) is 27.8. The van der Waals surface area contributed by atoms with E-state index in [-0.39, 0.29) is 5.38 Å². The maximum Gasteiger partial charge on any atom is 0.161 e. The third-order valence-electron chi connectivity index (χ3n) is 3.68. The summed E-state index contributed by atoms with van der Waals surface area (Å²) in [6, 6.07) is 6.26. The predicted octanol–water partition coefficient (Wildman–Crippen LogP) is 3.72. The van der Waals surface area contributed by atoms with Crippen LogP contribution in [0.1, 0.15) is 37.2 Å². The molecule has 1 aliphatic heterocycles. The van der Waals surface area contributed by atoms with Crippen LogP contribution in [0.15, 0.2) is 18.2 Å². The zero-order chi connectivity index (χ0) is 11.7. The molecule has 2 nitrogen and oxygen atoms in total. The molecule has 1 aliphatic carbocycles. The largest absolute Gasteiger partial charge is 0.486 e. The van der Waals surface area contributed by atoms with Crippen molar-refractivity contribution in [1.82, 2.24) is 0 Å². The van der Waals surface area contributed by atoms with Gasteiger partial charge in [0, 0.05) is 11.3 Å². The van der Waals surface area contributed by atoms with E-state index in [0.29, 0.717) is 19.1 Å². The smallest absolute Gasteiger partial charge is 0.161 e. The molecule has 1 saturated carbocycles. The molecule has 0 saturated heterocycles. The number of alkyl halides is 1. The molecule has 0 amide bonds. The van der Waals surface area contributed by atoms with Crippen LogP contribution in [0.25, 0.3) is 0 Å². The number of hydrogen-bond donors (Lipinski definition) is 0. The molecule has 92 valence electrons. The molecule has 1 heterocycles. The second-order valence-corrected chi connectivity index (χ2v) is 5.37. The van der Waals surface area contributed by atoms with Crippen molar-refractivity contribution in [2.24, 2.45) is 0 Å². The molecule has 0 N–H and O–H groups in total. The zero-order valence-electron chi connectivity index (χ0n) is 9.82. The van der Waals surface area contributed by atoms with E-state index in [0.717, 1.165) is 17.9 Å². The van der Waals surface area contributed by atoms with Crippen molar-refractivity contribution in [3.05, 3.63) is 23.8 Å². The first-order chi connectivity index (χ1) is 8.34. The van der Waals surface area contributed by atoms with Gasteiger partial charge in [-0.3, -0.25) is 0 Å². The molecule has 3 heteroatoms. The minimum atomic E-state index is 0.270. The first kappa shape index (κ1) is 11.2. The summed E-state index contributed by atoms with van der Waals surface area (Å²) in [6.07, 6.45) is 4.85. The SMILES string of the molecule is ClC1CCCCC1c1ccc2c(c1)OCCO2. The van der Waals surface area contributed by atoms with Crippen molar-refractivity contribution in [1.29, 1.82) is 0 Å². The quantitative estimate of drug-likeness (QED) is 0.709. The van der Waals surface area contributed by atoms with E-state index in [4.69, 9.17) is 21.1 Å². The summed E-state index contributed by atoms with van der Waals surface area (Å²) < 4.78 is 11.2. The average molecular weight is 253 g/mol. The van der Waals surface area contributed by atoms with Gasteiger partial charge in [0.05, 0.1) is 0 Å². The van der Waals surface area contributed by atoms with Gasteiger partial charge >= 0.3 is 0 Å². The van der Waals surface area contributed by atoms with Crippen molar-refractivity contribution >= 4 is 11.6 Å². The van der Waals surface area contributed by atoms with E-state index < -0.39 is 0 Å². The van der Waals surface area contributed by atoms with E-state index in [1.165, 1.54) is 24.8 Å². The van der Waals surface area contributed by atoms with Gasteiger partial charge < -0.3 is 9.47 Å². The second-order valence-electron chi connectivity index (χ2n) is 4.81. The van der Waals surface area contributed by atoms with Gasteiger partial charge in [0.25, 0.3) is 0 Å². The Morgan fingerprint density at radius 2 is 1.76 bits per heavy atom. The number of halogens is 1. The lowest BCUT2D eigenvalue weighted by Gasteiger charge is -2.28. The maximum absolute atomic E-state index is 6.43. The van der Waals surface area contributed by atoms with Gasteiger partial charge in [0.15, 0.2) is 11.5 Å². The molecular formula is C14H17ClO2. The number of ether oxygens (including phenoxy) is 2. The summed E-state index contributed by atoms with van der Waals surface area (Å²) >= 11 is 6.43. The molecule has 2 aliphatic rings. The van der Waals surface area contributed by atoms with Gasteiger partial charge in [-0.25, -0.2) is 0 Å². The molecule has 3 rings (SSSR count). The van der Waals surface area contributed by atoms with E-state index in [1.54, 1.807) is 0 Å². The highest BCUT2D eigenvalue weighted by Gasteiger charge is 2.26. The third-order valence-corrected chi connectivity index (χ3v) is 4.20. The van der Waals surface area contributed by atoms with Gasteiger partial charge in [-0.1, -0.05) is 18.9 Å². The van der Waals surface area contributed by atoms with Crippen LogP contribution < -0.4 is 9.47 Å². The minimum absolute atomic E-state index is 0.270. The van der Waals surface area contributed by atoms with Crippen LogP contribution in [0.2, 0.25) is 0 Å². The lowest BCUT2D eigenvalue weighted by Crippen LogP contribution is -2.19. The molecule has 1 aromatic rings. The number of fused-ring (bicyclic) bond motifs is 1. The van der Waals surface area contributed by atoms with Crippen LogP contribution in [0.5, 0.6) is 11.5 Å². The van der Waals surface area contributed by atoms with Gasteiger partial charge in [-0.05, 0) is 30.5 Å². The van der Waals surface area contributed by atoms with Crippen LogP contribution in [-0.2, 0) is 0 Å². The Morgan fingerprint density at radius 1 is 1.00 bits per heavy atom. The molecule has 1 fully saturated rings. The third kappa shape index (κ3) is 2.23. The van der Waals surface area contributed by atoms with Crippen molar-refractivity contribution in [2.45, 2.75) is 37.0 Å². The standard InChI is InChI=1S/C14H17ClO2/c15-12-4-2-1-3-11(12)10-5-6-13-14(9-10)17-8-7-16-13/h5-6,9,11-12H,1-4,7-8H2. The zero-order valence-corrected chi connectivity index (χ0v) is 10.6. The van der Waals surface area contributed by atoms with Crippen LogP contribution in [-0.4, -0.2) is 18.6 Å². The lowest BCUT2D eigenvalue weighted by molar-refractivity contribution is 0.171. The van der Waals surface area contributed by atoms with Crippen LogP contribution in [0.4, 0.5) is 0 Å². The lowest BCUT2D eigenvalue weighted by atomic mass is 9.83. The van der Waals surface area contributed by atoms with Crippen molar-refractivity contribution in [3.8, 4) is 11.5 Å². The Hall–Kier alpha value is -0.890. The number of benzene rings is 1. The molecule has 0 radical (unpaired) electrons. The summed E-state index contributed by atoms with van der Waals surface area (Å²) in [7, 11) is 0. The van der Waals surface area contributed by atoms with Crippen molar-refractivity contribution < 1.29 is 9.47 Å². The van der Waals surface area contributed by atoms with Gasteiger partial charge in [-0.2, -0.15) is 0 Å². The van der Waals surface area contributed by atoms with E-state index in [9.17, 15) is 0 Å². The Kier molecular flexibility index (Phi) is 3.15. The Labute approximate surface area is 107 Å². The molecule has 0 bridgehead atoms. The fourth-order valence-electron chi connectivity index (χ4n) is 2.75. The second kappa shape index (κ2) is 4.77. The molecule has 2 atom stereocenters. The highest BCUT2D eigenvalue weighted by molar-refractivity contribution is 6.21. The topological polar surface area (TPSA) is 18.5 Å². The molecule has 2 unspecified atom stereocenters. The fourth-order valence-corrected chi connectivity index (χ4v) is 3.18. The van der Waals surface area contributed by atoms with Crippen LogP contribution in [0, 0.1) is 0 Å². The van der Waals surface area contributed by atoms with Gasteiger partial charge in [0.2, 0.25) is 0 Å². The highest BCUT2D eigenvalue weighted by atomic mass is 35.5. The summed E-state index contributed by atoms with van der Waals surface area (Å²) in [5.74, 6) is 2.21. The highest BCUT2D eigenvalue weighted by Crippen LogP contribution is 2.40. The van der Waals surface area contributed by atoms with E-state index in [1.807, 2.05) is 6.07 Å². The van der Waals surface area contributed by atoms with Crippen LogP contribution >= 0.6 is 11.6 Å². The molecule has 0 aromatic heterocycles. The summed E-state index contributed by atoms with van der Waals surface area (Å²) in [4.78, 5) is 0. The first-order valence-electron chi connectivity index (χ1n) is 6.38. The van der Waals surface area contributed by atoms with E-state index in [2.05, 4.69) is 12.1 Å². The monoisotopic (exact) mass is 252 g/mol. The van der Waals surface area contributed by atoms with Gasteiger partial charge in [0.1, 0.15) is 13.2 Å². The maximum atomic E-state index is 6.43. The minimum Gasteiger partial charge on any atom is -0.486 e. The Balaban J connectivity index is 1.87. The van der Waals surface area contributed by atoms with E-state index >= 15 is 0 Å². The summed E-state index contributed by atoms with van der Waals surface area (Å²) in [5.41, 5.74) is 1.30. The molecular weight excluding hydrogens is 236 g/mol. The van der Waals surface area contributed by atoms with Crippen molar-refractivity contribution in [2.75, 3.05) is 13.2 Å². The fraction of sp³-hybridized carbons (Fsp3) is 0.571. The van der Waals surface area contributed by atoms with Crippen LogP contribution in [0.3, 0.4) is 0 Å². The number of hydrogen-bond acceptors (Lipinski definition) is 2. The Morgan fingerprint density at radius 3 is 2.59 bits per heavy atom. The van der Waals surface area contributed by atoms with Crippen molar-refractivity contribution in [3.63, 3.8) is 0 Å². The first-order valence-corrected chi connectivity index (χ1v) is 6.82. The summed E-state index contributed by atoms with van der Waals surface area (Å²) in [6.45, 7) is 1.29. The van der Waals surface area contributed by atoms with Gasteiger partial charge in [-0.15, -0.1) is 11.6 Å². The Bertz CT molecular complexity index is 405. The summed E-state index contributed by atoms with van der Waals surface area (Å²) in [5, 5.41) is 0.270. The predicted molar refractivity (Wildman–Crippen MR) is 68.3 cm³/mol.